The number of nitrogens with zero attached hydrogens (tertiary/aromatic N) is 1. The molecule has 0 aliphatic carbocycles. The number of carbonyl (C=O) groups excluding carboxylic acids is 2. The molecule has 0 aliphatic heterocycles. The maximum Gasteiger partial charge on any atom is 0.339 e. The maximum atomic E-state index is 11.9. The van der Waals surface area contributed by atoms with Crippen molar-refractivity contribution >= 4 is 17.6 Å². The van der Waals surface area contributed by atoms with Gasteiger partial charge in [-0.05, 0) is 19.1 Å². The van der Waals surface area contributed by atoms with E-state index in [1.165, 1.54) is 31.5 Å². The molecule has 1 aromatic carbocycles. The molecule has 0 saturated carbocycles. The molecule has 2 aromatic rings. The van der Waals surface area contributed by atoms with Crippen LogP contribution in [-0.2, 0) is 9.53 Å². The van der Waals surface area contributed by atoms with E-state index < -0.39 is 18.0 Å². The number of ether oxygens (including phenoxy) is 1. The minimum atomic E-state index is -0.947. The van der Waals surface area contributed by atoms with Gasteiger partial charge in [-0.2, -0.15) is 4.73 Å². The van der Waals surface area contributed by atoms with Gasteiger partial charge < -0.3 is 15.3 Å². The number of anilines is 1. The molecule has 0 saturated heterocycles. The van der Waals surface area contributed by atoms with E-state index in [1.807, 2.05) is 6.07 Å². The Morgan fingerprint density at radius 2 is 1.76 bits per heavy atom. The Morgan fingerprint density at radius 3 is 2.38 bits per heavy atom. The van der Waals surface area contributed by atoms with Gasteiger partial charge in [-0.15, -0.1) is 0 Å². The fourth-order valence-corrected chi connectivity index (χ4v) is 1.60. The predicted molar refractivity (Wildman–Crippen MR) is 75.4 cm³/mol. The van der Waals surface area contributed by atoms with Crippen molar-refractivity contribution in [3.8, 4) is 0 Å². The number of para-hydroxylation sites is 1. The Balaban J connectivity index is 1.94. The first-order valence-corrected chi connectivity index (χ1v) is 6.32. The Bertz CT molecular complexity index is 626. The zero-order valence-electron chi connectivity index (χ0n) is 11.4. The fourth-order valence-electron chi connectivity index (χ4n) is 1.60. The van der Waals surface area contributed by atoms with Crippen LogP contribution in [0.2, 0.25) is 0 Å². The number of nitrogens with one attached hydrogen (secondary N) is 1. The molecule has 1 N–H and O–H groups in total. The molecule has 0 spiro atoms. The highest BCUT2D eigenvalue weighted by Crippen LogP contribution is 2.08. The Hall–Kier alpha value is -2.89. The van der Waals surface area contributed by atoms with Crippen molar-refractivity contribution in [1.29, 1.82) is 0 Å². The summed E-state index contributed by atoms with van der Waals surface area (Å²) in [6.45, 7) is 1.48. The second-order valence-electron chi connectivity index (χ2n) is 4.35. The van der Waals surface area contributed by atoms with Gasteiger partial charge in [0.2, 0.25) is 0 Å². The van der Waals surface area contributed by atoms with E-state index >= 15 is 0 Å². The molecular weight excluding hydrogens is 272 g/mol. The first-order chi connectivity index (χ1) is 10.1. The molecule has 0 unspecified atom stereocenters. The van der Waals surface area contributed by atoms with Crippen LogP contribution < -0.4 is 10.0 Å². The molecule has 0 radical (unpaired) electrons. The number of amides is 1. The van der Waals surface area contributed by atoms with Crippen LogP contribution in [0.5, 0.6) is 0 Å². The average Bonchev–Trinajstić information content (AvgIpc) is 2.48. The van der Waals surface area contributed by atoms with E-state index in [2.05, 4.69) is 5.32 Å². The monoisotopic (exact) mass is 286 g/mol. The van der Waals surface area contributed by atoms with E-state index in [0.717, 1.165) is 0 Å². The summed E-state index contributed by atoms with van der Waals surface area (Å²) in [5.74, 6) is -1.09. The molecule has 1 heterocycles. The van der Waals surface area contributed by atoms with Gasteiger partial charge >= 0.3 is 5.97 Å². The summed E-state index contributed by atoms with van der Waals surface area (Å²) in [5, 5.41) is 13.5. The third-order valence-corrected chi connectivity index (χ3v) is 2.73. The molecular formula is C15H14N2O4. The summed E-state index contributed by atoms with van der Waals surface area (Å²) in [6, 6.07) is 11.5. The first kappa shape index (κ1) is 14.5. The topological polar surface area (TPSA) is 82.3 Å². The maximum absolute atomic E-state index is 11.9. The second-order valence-corrected chi connectivity index (χ2v) is 4.35. The Kier molecular flexibility index (Phi) is 4.50. The first-order valence-electron chi connectivity index (χ1n) is 6.32. The van der Waals surface area contributed by atoms with E-state index in [0.29, 0.717) is 10.4 Å². The summed E-state index contributed by atoms with van der Waals surface area (Å²) in [4.78, 5) is 23.7. The molecule has 6 nitrogen and oxygen atoms in total. The zero-order chi connectivity index (χ0) is 15.2. The summed E-state index contributed by atoms with van der Waals surface area (Å²) in [7, 11) is 0. The highest BCUT2D eigenvalue weighted by molar-refractivity contribution is 5.97. The molecule has 1 amide bonds. The van der Waals surface area contributed by atoms with Gasteiger partial charge in [0.1, 0.15) is 0 Å². The molecule has 21 heavy (non-hydrogen) atoms. The lowest BCUT2D eigenvalue weighted by atomic mass is 10.2. The summed E-state index contributed by atoms with van der Waals surface area (Å²) in [5.41, 5.74) is 0.832. The van der Waals surface area contributed by atoms with Crippen molar-refractivity contribution in [2.45, 2.75) is 13.0 Å². The van der Waals surface area contributed by atoms with E-state index in [9.17, 15) is 14.8 Å². The lowest BCUT2D eigenvalue weighted by molar-refractivity contribution is -0.605. The number of carbonyl (C=O) groups is 2. The summed E-state index contributed by atoms with van der Waals surface area (Å²) in [6.07, 6.45) is 1.42. The largest absolute Gasteiger partial charge is 0.619 e. The van der Waals surface area contributed by atoms with Crippen molar-refractivity contribution in [2.24, 2.45) is 0 Å². The lowest BCUT2D eigenvalue weighted by Crippen LogP contribution is -2.30. The SMILES string of the molecule is C[C@H](OC(=O)c1cc[n+]([O-])cc1)C(=O)Nc1ccccc1. The van der Waals surface area contributed by atoms with Crippen molar-refractivity contribution in [3.63, 3.8) is 0 Å². The summed E-state index contributed by atoms with van der Waals surface area (Å²) >= 11 is 0. The summed E-state index contributed by atoms with van der Waals surface area (Å²) < 4.78 is 5.61. The van der Waals surface area contributed by atoms with Crippen molar-refractivity contribution in [3.05, 3.63) is 65.6 Å². The zero-order valence-corrected chi connectivity index (χ0v) is 11.4. The number of pyridine rings is 1. The number of benzene rings is 1. The molecule has 1 atom stereocenters. The number of hydrogen-bond donors (Lipinski definition) is 1. The van der Waals surface area contributed by atoms with Gasteiger partial charge in [-0.1, -0.05) is 18.2 Å². The Labute approximate surface area is 121 Å². The fraction of sp³-hybridized carbons (Fsp3) is 0.133. The van der Waals surface area contributed by atoms with Crippen LogP contribution in [-0.4, -0.2) is 18.0 Å². The molecule has 1 aromatic heterocycles. The van der Waals surface area contributed by atoms with Crippen LogP contribution in [0.3, 0.4) is 0 Å². The van der Waals surface area contributed by atoms with Gasteiger partial charge in [-0.3, -0.25) is 4.79 Å². The normalized spacial score (nSPS) is 11.5. The van der Waals surface area contributed by atoms with Crippen LogP contribution in [0.4, 0.5) is 5.69 Å². The number of esters is 1. The number of rotatable bonds is 4. The van der Waals surface area contributed by atoms with Gasteiger partial charge in [0.25, 0.3) is 5.91 Å². The third-order valence-electron chi connectivity index (χ3n) is 2.73. The van der Waals surface area contributed by atoms with Gasteiger partial charge in [0.15, 0.2) is 18.5 Å². The van der Waals surface area contributed by atoms with Crippen molar-refractivity contribution < 1.29 is 19.1 Å². The molecule has 2 rings (SSSR count). The quantitative estimate of drug-likeness (QED) is 0.524. The van der Waals surface area contributed by atoms with E-state index in [-0.39, 0.29) is 5.56 Å². The van der Waals surface area contributed by atoms with Crippen LogP contribution in [0.15, 0.2) is 54.9 Å². The number of aromatic nitrogens is 1. The second kappa shape index (κ2) is 6.51. The van der Waals surface area contributed by atoms with Gasteiger partial charge in [0.05, 0.1) is 5.56 Å². The molecule has 0 fully saturated rings. The third kappa shape index (κ3) is 4.04. The molecule has 0 bridgehead atoms. The minimum Gasteiger partial charge on any atom is -0.619 e. The Morgan fingerprint density at radius 1 is 1.14 bits per heavy atom. The standard InChI is InChI=1S/C15H14N2O4/c1-11(14(18)16-13-5-3-2-4-6-13)21-15(19)12-7-9-17(20)10-8-12/h2-11H,1H3,(H,16,18)/t11-/m0/s1. The molecule has 6 heteroatoms. The number of hydrogen-bond acceptors (Lipinski definition) is 4. The van der Waals surface area contributed by atoms with E-state index in [4.69, 9.17) is 4.74 Å². The van der Waals surface area contributed by atoms with Gasteiger partial charge in [-0.25, -0.2) is 4.79 Å². The lowest BCUT2D eigenvalue weighted by Gasteiger charge is -2.13. The van der Waals surface area contributed by atoms with Crippen molar-refractivity contribution in [2.75, 3.05) is 5.32 Å². The van der Waals surface area contributed by atoms with Gasteiger partial charge in [0, 0.05) is 17.8 Å². The highest BCUT2D eigenvalue weighted by Gasteiger charge is 2.19. The molecule has 108 valence electrons. The van der Waals surface area contributed by atoms with Crippen LogP contribution in [0.1, 0.15) is 17.3 Å². The van der Waals surface area contributed by atoms with Crippen molar-refractivity contribution in [1.82, 2.24) is 0 Å². The minimum absolute atomic E-state index is 0.210. The van der Waals surface area contributed by atoms with Crippen LogP contribution in [0.25, 0.3) is 0 Å². The predicted octanol–water partition coefficient (Wildman–Crippen LogP) is 1.50. The highest BCUT2D eigenvalue weighted by atomic mass is 16.5. The van der Waals surface area contributed by atoms with Crippen LogP contribution in [0, 0.1) is 5.21 Å². The van der Waals surface area contributed by atoms with E-state index in [1.54, 1.807) is 24.3 Å². The van der Waals surface area contributed by atoms with Crippen LogP contribution >= 0.6 is 0 Å². The smallest absolute Gasteiger partial charge is 0.339 e. The molecule has 0 aliphatic rings. The average molecular weight is 286 g/mol.